The van der Waals surface area contributed by atoms with Crippen molar-refractivity contribution in [3.63, 3.8) is 0 Å². The van der Waals surface area contributed by atoms with Crippen LogP contribution in [0.5, 0.6) is 11.5 Å². The van der Waals surface area contributed by atoms with E-state index in [1.54, 1.807) is 49.6 Å². The molecule has 0 aliphatic carbocycles. The summed E-state index contributed by atoms with van der Waals surface area (Å²) in [5, 5.41) is 11.3. The van der Waals surface area contributed by atoms with E-state index in [1.165, 1.54) is 4.90 Å². The van der Waals surface area contributed by atoms with E-state index in [1.807, 2.05) is 20.8 Å². The second-order valence-corrected chi connectivity index (χ2v) is 9.37. The molecule has 1 aliphatic heterocycles. The van der Waals surface area contributed by atoms with Crippen molar-refractivity contribution in [2.75, 3.05) is 26.9 Å². The smallest absolute Gasteiger partial charge is 0.295 e. The van der Waals surface area contributed by atoms with Crippen LogP contribution in [0, 0.1) is 12.8 Å². The predicted octanol–water partition coefficient (Wildman–Crippen LogP) is 4.89. The van der Waals surface area contributed by atoms with E-state index in [0.29, 0.717) is 35.2 Å². The molecular formula is C28H35NO6. The number of aliphatic hydroxyl groups is 1. The molecule has 188 valence electrons. The maximum absolute atomic E-state index is 13.2. The van der Waals surface area contributed by atoms with Gasteiger partial charge in [-0.05, 0) is 68.1 Å². The summed E-state index contributed by atoms with van der Waals surface area (Å²) >= 11 is 0. The number of nitrogens with zero attached hydrogens (tertiary/aromatic N) is 1. The Morgan fingerprint density at radius 1 is 1.06 bits per heavy atom. The first-order valence-corrected chi connectivity index (χ1v) is 11.9. The molecule has 0 bridgehead atoms. The van der Waals surface area contributed by atoms with Gasteiger partial charge >= 0.3 is 0 Å². The number of ether oxygens (including phenoxy) is 3. The molecule has 1 N–H and O–H groups in total. The summed E-state index contributed by atoms with van der Waals surface area (Å²) in [7, 11) is 1.57. The van der Waals surface area contributed by atoms with E-state index in [0.717, 1.165) is 5.56 Å². The van der Waals surface area contributed by atoms with Crippen molar-refractivity contribution in [3.8, 4) is 11.5 Å². The summed E-state index contributed by atoms with van der Waals surface area (Å²) in [6.07, 6.45) is -0.00865. The lowest BCUT2D eigenvalue weighted by atomic mass is 9.94. The SMILES string of the molecule is COc1ccc(C2/C(=C(/O)c3ccc(OCC(C)C)c(C)c3)C(=O)C(=O)N2CCOC(C)C)cc1. The third kappa shape index (κ3) is 6.03. The van der Waals surface area contributed by atoms with Crippen LogP contribution in [0.4, 0.5) is 0 Å². The van der Waals surface area contributed by atoms with Crippen molar-refractivity contribution >= 4 is 17.4 Å². The molecule has 1 aliphatic rings. The van der Waals surface area contributed by atoms with Gasteiger partial charge in [0.25, 0.3) is 11.7 Å². The number of rotatable bonds is 10. The van der Waals surface area contributed by atoms with Crippen LogP contribution in [0.1, 0.15) is 50.4 Å². The van der Waals surface area contributed by atoms with Gasteiger partial charge in [0.2, 0.25) is 0 Å². The average molecular weight is 482 g/mol. The molecule has 1 atom stereocenters. The topological polar surface area (TPSA) is 85.3 Å². The summed E-state index contributed by atoms with van der Waals surface area (Å²) in [6.45, 7) is 10.9. The quantitative estimate of drug-likeness (QED) is 0.296. The van der Waals surface area contributed by atoms with E-state index in [9.17, 15) is 14.7 Å². The van der Waals surface area contributed by atoms with Gasteiger partial charge in [-0.3, -0.25) is 9.59 Å². The first-order valence-electron chi connectivity index (χ1n) is 11.9. The van der Waals surface area contributed by atoms with Crippen molar-refractivity contribution in [2.45, 2.75) is 46.8 Å². The molecule has 2 aromatic rings. The average Bonchev–Trinajstić information content (AvgIpc) is 3.07. The molecule has 2 aromatic carbocycles. The van der Waals surface area contributed by atoms with Crippen molar-refractivity contribution in [1.82, 2.24) is 4.90 Å². The van der Waals surface area contributed by atoms with Gasteiger partial charge in [0.05, 0.1) is 38.0 Å². The Kier molecular flexibility index (Phi) is 8.57. The number of aryl methyl sites for hydroxylation is 1. The third-order valence-electron chi connectivity index (χ3n) is 5.78. The molecule has 1 saturated heterocycles. The standard InChI is InChI=1S/C28H35NO6/c1-17(2)16-35-23-12-9-21(15-19(23)5)26(30)24-25(20-7-10-22(33-6)11-8-20)29(28(32)27(24)31)13-14-34-18(3)4/h7-12,15,17-18,25,30H,13-14,16H2,1-6H3/b26-24-. The minimum absolute atomic E-state index is 0.00865. The van der Waals surface area contributed by atoms with Crippen molar-refractivity contribution in [2.24, 2.45) is 5.92 Å². The second-order valence-electron chi connectivity index (χ2n) is 9.37. The van der Waals surface area contributed by atoms with Gasteiger partial charge in [0.15, 0.2) is 0 Å². The van der Waals surface area contributed by atoms with Gasteiger partial charge in [-0.25, -0.2) is 0 Å². The first kappa shape index (κ1) is 26.3. The maximum Gasteiger partial charge on any atom is 0.295 e. The number of methoxy groups -OCH3 is 1. The third-order valence-corrected chi connectivity index (χ3v) is 5.78. The molecule has 0 saturated carbocycles. The highest BCUT2D eigenvalue weighted by atomic mass is 16.5. The summed E-state index contributed by atoms with van der Waals surface area (Å²) in [4.78, 5) is 27.7. The zero-order valence-corrected chi connectivity index (χ0v) is 21.3. The largest absolute Gasteiger partial charge is 0.507 e. The second kappa shape index (κ2) is 11.4. The minimum atomic E-state index is -0.742. The lowest BCUT2D eigenvalue weighted by Crippen LogP contribution is -2.33. The molecular weight excluding hydrogens is 446 g/mol. The molecule has 7 nitrogen and oxygen atoms in total. The van der Waals surface area contributed by atoms with E-state index in [4.69, 9.17) is 14.2 Å². The van der Waals surface area contributed by atoms with Gasteiger partial charge < -0.3 is 24.2 Å². The van der Waals surface area contributed by atoms with Gasteiger partial charge in [-0.15, -0.1) is 0 Å². The summed E-state index contributed by atoms with van der Waals surface area (Å²) in [5.41, 5.74) is 2.04. The van der Waals surface area contributed by atoms with Gasteiger partial charge in [-0.1, -0.05) is 26.0 Å². The first-order chi connectivity index (χ1) is 16.6. The number of Topliss-reactive ketones (excluding diaryl/α,β-unsaturated/α-hetero) is 1. The number of hydrogen-bond acceptors (Lipinski definition) is 6. The Labute approximate surface area is 207 Å². The van der Waals surface area contributed by atoms with E-state index in [-0.39, 0.29) is 30.6 Å². The number of hydrogen-bond donors (Lipinski definition) is 1. The normalized spacial score (nSPS) is 17.5. The minimum Gasteiger partial charge on any atom is -0.507 e. The van der Waals surface area contributed by atoms with Crippen LogP contribution in [0.25, 0.3) is 5.76 Å². The number of aliphatic hydroxyl groups excluding tert-OH is 1. The number of carbonyl (C=O) groups is 2. The molecule has 0 radical (unpaired) electrons. The molecule has 0 aromatic heterocycles. The van der Waals surface area contributed by atoms with E-state index >= 15 is 0 Å². The van der Waals surface area contributed by atoms with Gasteiger partial charge in [-0.2, -0.15) is 0 Å². The summed E-state index contributed by atoms with van der Waals surface area (Å²) in [5.74, 6) is 0.159. The number of carbonyl (C=O) groups excluding carboxylic acids is 2. The fraction of sp³-hybridized carbons (Fsp3) is 0.429. The number of likely N-dealkylation sites (tertiary alicyclic amines) is 1. The molecule has 1 heterocycles. The molecule has 1 unspecified atom stereocenters. The molecule has 3 rings (SSSR count). The highest BCUT2D eigenvalue weighted by Crippen LogP contribution is 2.40. The Bertz CT molecular complexity index is 1090. The van der Waals surface area contributed by atoms with Crippen LogP contribution < -0.4 is 9.47 Å². The van der Waals surface area contributed by atoms with Crippen LogP contribution in [0.2, 0.25) is 0 Å². The van der Waals surface area contributed by atoms with Gasteiger partial charge in [0.1, 0.15) is 17.3 Å². The van der Waals surface area contributed by atoms with E-state index in [2.05, 4.69) is 13.8 Å². The highest BCUT2D eigenvalue weighted by molar-refractivity contribution is 6.46. The fourth-order valence-electron chi connectivity index (χ4n) is 4.00. The zero-order valence-electron chi connectivity index (χ0n) is 21.3. The molecule has 1 amide bonds. The monoisotopic (exact) mass is 481 g/mol. The van der Waals surface area contributed by atoms with Crippen molar-refractivity contribution in [3.05, 3.63) is 64.7 Å². The number of benzene rings is 2. The number of ketones is 1. The molecule has 1 fully saturated rings. The number of amides is 1. The van der Waals surface area contributed by atoms with Crippen LogP contribution in [0.3, 0.4) is 0 Å². The lowest BCUT2D eigenvalue weighted by molar-refractivity contribution is -0.140. The van der Waals surface area contributed by atoms with Crippen LogP contribution in [0.15, 0.2) is 48.0 Å². The fourth-order valence-corrected chi connectivity index (χ4v) is 4.00. The van der Waals surface area contributed by atoms with E-state index < -0.39 is 17.7 Å². The van der Waals surface area contributed by atoms with Crippen LogP contribution >= 0.6 is 0 Å². The Balaban J connectivity index is 2.04. The molecule has 35 heavy (non-hydrogen) atoms. The van der Waals surface area contributed by atoms with Crippen molar-refractivity contribution in [1.29, 1.82) is 0 Å². The maximum atomic E-state index is 13.2. The molecule has 0 spiro atoms. The lowest BCUT2D eigenvalue weighted by Gasteiger charge is -2.26. The predicted molar refractivity (Wildman–Crippen MR) is 135 cm³/mol. The Morgan fingerprint density at radius 3 is 2.31 bits per heavy atom. The van der Waals surface area contributed by atoms with Gasteiger partial charge in [0, 0.05) is 12.1 Å². The molecule has 7 heteroatoms. The Morgan fingerprint density at radius 2 is 1.74 bits per heavy atom. The van der Waals surface area contributed by atoms with Crippen LogP contribution in [-0.2, 0) is 14.3 Å². The zero-order chi connectivity index (χ0) is 25.7. The summed E-state index contributed by atoms with van der Waals surface area (Å²) in [6, 6.07) is 11.6. The van der Waals surface area contributed by atoms with Crippen molar-refractivity contribution < 1.29 is 28.9 Å². The summed E-state index contributed by atoms with van der Waals surface area (Å²) < 4.78 is 16.7. The Hall–Kier alpha value is -3.32. The highest BCUT2D eigenvalue weighted by Gasteiger charge is 2.46. The van der Waals surface area contributed by atoms with Crippen LogP contribution in [-0.4, -0.2) is 54.7 Å².